The van der Waals surface area contributed by atoms with Crippen LogP contribution in [0.15, 0.2) is 24.3 Å². The van der Waals surface area contributed by atoms with Crippen LogP contribution in [0.3, 0.4) is 0 Å². The summed E-state index contributed by atoms with van der Waals surface area (Å²) in [5.41, 5.74) is 7.94. The van der Waals surface area contributed by atoms with Gasteiger partial charge >= 0.3 is 0 Å². The van der Waals surface area contributed by atoms with E-state index in [0.29, 0.717) is 11.8 Å². The Bertz CT molecular complexity index is 348. The zero-order valence-electron chi connectivity index (χ0n) is 7.53. The van der Waals surface area contributed by atoms with Crippen molar-refractivity contribution in [3.8, 4) is 12.3 Å². The van der Waals surface area contributed by atoms with E-state index in [1.165, 1.54) is 12.0 Å². The monoisotopic (exact) mass is 171 g/mol. The van der Waals surface area contributed by atoms with Crippen molar-refractivity contribution in [2.24, 2.45) is 11.7 Å². The average Bonchev–Trinajstić information content (AvgIpc) is 2.96. The van der Waals surface area contributed by atoms with Gasteiger partial charge in [0.2, 0.25) is 0 Å². The Morgan fingerprint density at radius 3 is 2.85 bits per heavy atom. The molecule has 1 aromatic carbocycles. The highest BCUT2D eigenvalue weighted by atomic mass is 14.6. The Balaban J connectivity index is 2.27. The van der Waals surface area contributed by atoms with Crippen molar-refractivity contribution in [3.05, 3.63) is 35.4 Å². The molecule has 1 fully saturated rings. The van der Waals surface area contributed by atoms with Gasteiger partial charge in [-0.05, 0) is 36.4 Å². The van der Waals surface area contributed by atoms with Crippen LogP contribution in [0.2, 0.25) is 0 Å². The second-order valence-electron chi connectivity index (χ2n) is 3.57. The second kappa shape index (κ2) is 3.24. The van der Waals surface area contributed by atoms with Gasteiger partial charge in [-0.15, -0.1) is 6.42 Å². The molecule has 2 N–H and O–H groups in total. The second-order valence-corrected chi connectivity index (χ2v) is 3.57. The van der Waals surface area contributed by atoms with Crippen molar-refractivity contribution < 1.29 is 0 Å². The zero-order chi connectivity index (χ0) is 9.26. The fraction of sp³-hybridized carbons (Fsp3) is 0.333. The summed E-state index contributed by atoms with van der Waals surface area (Å²) in [6, 6.07) is 8.15. The molecule has 1 nitrogen and oxygen atoms in total. The molecule has 0 heterocycles. The molecule has 0 radical (unpaired) electrons. The van der Waals surface area contributed by atoms with Crippen LogP contribution in [0.4, 0.5) is 0 Å². The van der Waals surface area contributed by atoms with Gasteiger partial charge in [-0.2, -0.15) is 0 Å². The molecule has 0 saturated heterocycles. The van der Waals surface area contributed by atoms with Crippen molar-refractivity contribution in [1.82, 2.24) is 0 Å². The minimum atomic E-state index is 0.622. The first kappa shape index (κ1) is 8.34. The van der Waals surface area contributed by atoms with Crippen LogP contribution in [-0.2, 0) is 0 Å². The van der Waals surface area contributed by atoms with E-state index in [-0.39, 0.29) is 0 Å². The molecule has 0 amide bonds. The third kappa shape index (κ3) is 1.46. The highest BCUT2D eigenvalue weighted by Crippen LogP contribution is 2.47. The van der Waals surface area contributed by atoms with Gasteiger partial charge in [-0.25, -0.2) is 0 Å². The van der Waals surface area contributed by atoms with Crippen molar-refractivity contribution in [1.29, 1.82) is 0 Å². The Morgan fingerprint density at radius 2 is 2.23 bits per heavy atom. The van der Waals surface area contributed by atoms with Gasteiger partial charge in [-0.3, -0.25) is 0 Å². The molecule has 13 heavy (non-hydrogen) atoms. The van der Waals surface area contributed by atoms with Gasteiger partial charge in [0.25, 0.3) is 0 Å². The minimum absolute atomic E-state index is 0.622. The SMILES string of the molecule is C#Cc1ccccc1[C@@H]1C[C@H]1CN. The molecule has 1 aliphatic carbocycles. The summed E-state index contributed by atoms with van der Waals surface area (Å²) in [4.78, 5) is 0. The van der Waals surface area contributed by atoms with Crippen LogP contribution in [-0.4, -0.2) is 6.54 Å². The highest BCUT2D eigenvalue weighted by molar-refractivity contribution is 5.44. The smallest absolute Gasteiger partial charge is 0.0277 e. The van der Waals surface area contributed by atoms with E-state index in [0.717, 1.165) is 12.1 Å². The predicted octanol–water partition coefficient (Wildman–Crippen LogP) is 1.73. The summed E-state index contributed by atoms with van der Waals surface area (Å²) < 4.78 is 0. The molecule has 1 heteroatoms. The topological polar surface area (TPSA) is 26.0 Å². The van der Waals surface area contributed by atoms with Gasteiger partial charge in [0.1, 0.15) is 0 Å². The molecule has 1 aromatic rings. The van der Waals surface area contributed by atoms with E-state index in [4.69, 9.17) is 12.2 Å². The maximum Gasteiger partial charge on any atom is 0.0277 e. The van der Waals surface area contributed by atoms with E-state index in [9.17, 15) is 0 Å². The lowest BCUT2D eigenvalue weighted by Gasteiger charge is -2.02. The largest absolute Gasteiger partial charge is 0.330 e. The lowest BCUT2D eigenvalue weighted by atomic mass is 10.0. The summed E-state index contributed by atoms with van der Waals surface area (Å²) in [6.45, 7) is 0.781. The van der Waals surface area contributed by atoms with Gasteiger partial charge in [0, 0.05) is 5.56 Å². The standard InChI is InChI=1S/C12H13N/c1-2-9-5-3-4-6-11(9)12-7-10(12)8-13/h1,3-6,10,12H,7-8,13H2/t10-,12+/m0/s1. The fourth-order valence-corrected chi connectivity index (χ4v) is 1.84. The third-order valence-electron chi connectivity index (χ3n) is 2.74. The molecule has 0 aromatic heterocycles. The fourth-order valence-electron chi connectivity index (χ4n) is 1.84. The summed E-state index contributed by atoms with van der Waals surface area (Å²) in [7, 11) is 0. The van der Waals surface area contributed by atoms with Crippen LogP contribution < -0.4 is 5.73 Å². The van der Waals surface area contributed by atoms with Crippen LogP contribution >= 0.6 is 0 Å². The number of terminal acetylenes is 1. The summed E-state index contributed by atoms with van der Waals surface area (Å²) in [6.07, 6.45) is 6.63. The predicted molar refractivity (Wildman–Crippen MR) is 54.3 cm³/mol. The lowest BCUT2D eigenvalue weighted by Crippen LogP contribution is -2.02. The van der Waals surface area contributed by atoms with Crippen molar-refractivity contribution in [2.75, 3.05) is 6.54 Å². The van der Waals surface area contributed by atoms with Crippen LogP contribution in [0.5, 0.6) is 0 Å². The molecule has 2 atom stereocenters. The molecule has 1 saturated carbocycles. The molecular weight excluding hydrogens is 158 g/mol. The Morgan fingerprint density at radius 1 is 1.46 bits per heavy atom. The number of nitrogens with two attached hydrogens (primary N) is 1. The first-order valence-electron chi connectivity index (χ1n) is 4.62. The lowest BCUT2D eigenvalue weighted by molar-refractivity contribution is 0.809. The molecular formula is C12H13N. The van der Waals surface area contributed by atoms with Gasteiger partial charge < -0.3 is 5.73 Å². The highest BCUT2D eigenvalue weighted by Gasteiger charge is 2.37. The first-order chi connectivity index (χ1) is 6.36. The summed E-state index contributed by atoms with van der Waals surface area (Å²) in [5, 5.41) is 0. The van der Waals surface area contributed by atoms with Gasteiger partial charge in [0.05, 0.1) is 0 Å². The molecule has 0 unspecified atom stereocenters. The van der Waals surface area contributed by atoms with E-state index in [1.807, 2.05) is 18.2 Å². The molecule has 1 aliphatic rings. The van der Waals surface area contributed by atoms with E-state index >= 15 is 0 Å². The summed E-state index contributed by atoms with van der Waals surface area (Å²) >= 11 is 0. The Labute approximate surface area is 79.0 Å². The van der Waals surface area contributed by atoms with Gasteiger partial charge in [0.15, 0.2) is 0 Å². The maximum absolute atomic E-state index is 5.60. The van der Waals surface area contributed by atoms with E-state index < -0.39 is 0 Å². The average molecular weight is 171 g/mol. The minimum Gasteiger partial charge on any atom is -0.330 e. The molecule has 0 bridgehead atoms. The molecule has 0 aliphatic heterocycles. The first-order valence-corrected chi connectivity index (χ1v) is 4.62. The Hall–Kier alpha value is -1.26. The van der Waals surface area contributed by atoms with Crippen molar-refractivity contribution in [3.63, 3.8) is 0 Å². The van der Waals surface area contributed by atoms with Crippen LogP contribution in [0.1, 0.15) is 23.5 Å². The number of hydrogen-bond donors (Lipinski definition) is 1. The van der Waals surface area contributed by atoms with Crippen molar-refractivity contribution in [2.45, 2.75) is 12.3 Å². The molecule has 66 valence electrons. The zero-order valence-corrected chi connectivity index (χ0v) is 7.53. The van der Waals surface area contributed by atoms with Crippen LogP contribution in [0, 0.1) is 18.3 Å². The summed E-state index contributed by atoms with van der Waals surface area (Å²) in [5.74, 6) is 4.00. The normalized spacial score (nSPS) is 25.2. The van der Waals surface area contributed by atoms with E-state index in [1.54, 1.807) is 0 Å². The number of hydrogen-bond acceptors (Lipinski definition) is 1. The van der Waals surface area contributed by atoms with Crippen LogP contribution in [0.25, 0.3) is 0 Å². The van der Waals surface area contributed by atoms with Crippen molar-refractivity contribution >= 4 is 0 Å². The van der Waals surface area contributed by atoms with Gasteiger partial charge in [-0.1, -0.05) is 24.1 Å². The molecule has 2 rings (SSSR count). The third-order valence-corrected chi connectivity index (χ3v) is 2.74. The van der Waals surface area contributed by atoms with E-state index in [2.05, 4.69) is 12.0 Å². The number of benzene rings is 1. The maximum atomic E-state index is 5.60. The number of rotatable bonds is 2. The Kier molecular flexibility index (Phi) is 2.08. The molecule has 0 spiro atoms. The quantitative estimate of drug-likeness (QED) is 0.674.